The first-order valence-electron chi connectivity index (χ1n) is 7.46. The second-order valence-corrected chi connectivity index (χ2v) is 6.07. The quantitative estimate of drug-likeness (QED) is 0.740. The summed E-state index contributed by atoms with van der Waals surface area (Å²) in [5.74, 6) is 0.0186. The minimum atomic E-state index is -0.487. The zero-order chi connectivity index (χ0) is 15.7. The Balaban J connectivity index is 2.06. The standard InChI is InChI=1S/C16H26N2O3/c1-16(2,3)21-15(20)18-11-7-10-17-14(19)12-13-8-5-4-6-9-13/h5,8-9H,4,6-7,10-12H2,1-3H3,(H,17,19)(H,18,20). The molecule has 0 spiro atoms. The van der Waals surface area contributed by atoms with Crippen LogP contribution in [0.2, 0.25) is 0 Å². The molecule has 21 heavy (non-hydrogen) atoms. The third kappa shape index (κ3) is 8.89. The molecule has 0 heterocycles. The molecule has 0 saturated carbocycles. The van der Waals surface area contributed by atoms with E-state index < -0.39 is 11.7 Å². The van der Waals surface area contributed by atoms with Crippen LogP contribution in [0.5, 0.6) is 0 Å². The van der Waals surface area contributed by atoms with E-state index in [1.807, 2.05) is 26.8 Å². The van der Waals surface area contributed by atoms with E-state index in [-0.39, 0.29) is 5.91 Å². The highest BCUT2D eigenvalue weighted by Crippen LogP contribution is 2.12. The van der Waals surface area contributed by atoms with Crippen molar-refractivity contribution in [3.8, 4) is 0 Å². The normalized spacial score (nSPS) is 14.3. The number of hydrogen-bond acceptors (Lipinski definition) is 3. The number of amides is 2. The molecule has 2 amide bonds. The maximum absolute atomic E-state index is 11.7. The van der Waals surface area contributed by atoms with Gasteiger partial charge in [0.25, 0.3) is 0 Å². The van der Waals surface area contributed by atoms with Gasteiger partial charge in [0.15, 0.2) is 0 Å². The van der Waals surface area contributed by atoms with Crippen LogP contribution in [0.4, 0.5) is 4.79 Å². The summed E-state index contributed by atoms with van der Waals surface area (Å²) in [4.78, 5) is 23.1. The Hall–Kier alpha value is -1.78. The van der Waals surface area contributed by atoms with Gasteiger partial charge in [0, 0.05) is 13.1 Å². The Labute approximate surface area is 126 Å². The summed E-state index contributed by atoms with van der Waals surface area (Å²) < 4.78 is 5.11. The Bertz CT molecular complexity index is 420. The van der Waals surface area contributed by atoms with Gasteiger partial charge in [0.2, 0.25) is 5.91 Å². The SMILES string of the molecule is CC(C)(C)OC(=O)NCCCNC(=O)CC1=CCCC=C1. The lowest BCUT2D eigenvalue weighted by molar-refractivity contribution is -0.120. The first-order chi connectivity index (χ1) is 9.87. The molecule has 0 fully saturated rings. The first kappa shape index (κ1) is 17.3. The van der Waals surface area contributed by atoms with Crippen molar-refractivity contribution >= 4 is 12.0 Å². The maximum Gasteiger partial charge on any atom is 0.407 e. The molecule has 0 radical (unpaired) electrons. The third-order valence-electron chi connectivity index (χ3n) is 2.78. The molecule has 0 aromatic carbocycles. The molecule has 1 aliphatic rings. The van der Waals surface area contributed by atoms with Crippen LogP contribution in [0, 0.1) is 0 Å². The Morgan fingerprint density at radius 1 is 1.19 bits per heavy atom. The summed E-state index contributed by atoms with van der Waals surface area (Å²) in [6.07, 6.45) is 8.95. The number of ether oxygens (including phenoxy) is 1. The largest absolute Gasteiger partial charge is 0.444 e. The van der Waals surface area contributed by atoms with Crippen LogP contribution in [0.1, 0.15) is 46.5 Å². The maximum atomic E-state index is 11.7. The van der Waals surface area contributed by atoms with Crippen LogP contribution in [-0.4, -0.2) is 30.7 Å². The molecular weight excluding hydrogens is 268 g/mol. The fourth-order valence-corrected chi connectivity index (χ4v) is 1.87. The zero-order valence-electron chi connectivity index (χ0n) is 13.2. The number of allylic oxidation sites excluding steroid dienone is 3. The summed E-state index contributed by atoms with van der Waals surface area (Å²) >= 11 is 0. The molecule has 118 valence electrons. The van der Waals surface area contributed by atoms with Crippen molar-refractivity contribution in [1.29, 1.82) is 0 Å². The van der Waals surface area contributed by atoms with Crippen LogP contribution < -0.4 is 10.6 Å². The van der Waals surface area contributed by atoms with Gasteiger partial charge < -0.3 is 15.4 Å². The number of alkyl carbamates (subject to hydrolysis) is 1. The van der Waals surface area contributed by atoms with E-state index in [0.717, 1.165) is 18.4 Å². The number of rotatable bonds is 6. The van der Waals surface area contributed by atoms with Crippen molar-refractivity contribution in [2.45, 2.75) is 52.1 Å². The van der Waals surface area contributed by atoms with Crippen LogP contribution >= 0.6 is 0 Å². The van der Waals surface area contributed by atoms with Crippen molar-refractivity contribution in [1.82, 2.24) is 10.6 Å². The highest BCUT2D eigenvalue weighted by Gasteiger charge is 2.15. The molecule has 0 aromatic heterocycles. The van der Waals surface area contributed by atoms with E-state index in [4.69, 9.17) is 4.74 Å². The van der Waals surface area contributed by atoms with Crippen LogP contribution in [0.3, 0.4) is 0 Å². The molecule has 0 bridgehead atoms. The molecule has 0 aliphatic heterocycles. The first-order valence-corrected chi connectivity index (χ1v) is 7.46. The summed E-state index contributed by atoms with van der Waals surface area (Å²) in [6, 6.07) is 0. The van der Waals surface area contributed by atoms with Gasteiger partial charge in [-0.3, -0.25) is 4.79 Å². The topological polar surface area (TPSA) is 67.4 Å². The van der Waals surface area contributed by atoms with E-state index in [0.29, 0.717) is 25.9 Å². The zero-order valence-corrected chi connectivity index (χ0v) is 13.2. The van der Waals surface area contributed by atoms with E-state index in [9.17, 15) is 9.59 Å². The smallest absolute Gasteiger partial charge is 0.407 e. The molecule has 2 N–H and O–H groups in total. The van der Waals surface area contributed by atoms with Crippen molar-refractivity contribution in [2.75, 3.05) is 13.1 Å². The monoisotopic (exact) mass is 294 g/mol. The molecule has 0 aromatic rings. The molecule has 0 saturated heterocycles. The fourth-order valence-electron chi connectivity index (χ4n) is 1.87. The van der Waals surface area contributed by atoms with Gasteiger partial charge in [-0.25, -0.2) is 4.79 Å². The Morgan fingerprint density at radius 2 is 1.90 bits per heavy atom. The van der Waals surface area contributed by atoms with Gasteiger partial charge in [0.05, 0.1) is 6.42 Å². The second kappa shape index (κ2) is 8.49. The van der Waals surface area contributed by atoms with Crippen LogP contribution in [0.15, 0.2) is 23.8 Å². The predicted octanol–water partition coefficient (Wildman–Crippen LogP) is 2.68. The predicted molar refractivity (Wildman–Crippen MR) is 82.9 cm³/mol. The number of nitrogens with one attached hydrogen (secondary N) is 2. The van der Waals surface area contributed by atoms with Gasteiger partial charge >= 0.3 is 6.09 Å². The lowest BCUT2D eigenvalue weighted by Gasteiger charge is -2.19. The van der Waals surface area contributed by atoms with Crippen LogP contribution in [0.25, 0.3) is 0 Å². The highest BCUT2D eigenvalue weighted by atomic mass is 16.6. The van der Waals surface area contributed by atoms with Crippen molar-refractivity contribution in [3.05, 3.63) is 23.8 Å². The van der Waals surface area contributed by atoms with Crippen molar-refractivity contribution in [3.63, 3.8) is 0 Å². The van der Waals surface area contributed by atoms with Crippen molar-refractivity contribution < 1.29 is 14.3 Å². The third-order valence-corrected chi connectivity index (χ3v) is 2.78. The Morgan fingerprint density at radius 3 is 2.52 bits per heavy atom. The Kier molecular flexibility index (Phi) is 6.99. The number of hydrogen-bond donors (Lipinski definition) is 2. The highest BCUT2D eigenvalue weighted by molar-refractivity contribution is 5.79. The van der Waals surface area contributed by atoms with E-state index in [2.05, 4.69) is 22.8 Å². The molecule has 0 unspecified atom stereocenters. The second-order valence-electron chi connectivity index (χ2n) is 6.07. The summed E-state index contributed by atoms with van der Waals surface area (Å²) in [5, 5.41) is 5.51. The molecule has 5 nitrogen and oxygen atoms in total. The van der Waals surface area contributed by atoms with Gasteiger partial charge in [-0.1, -0.05) is 18.2 Å². The molecule has 1 rings (SSSR count). The van der Waals surface area contributed by atoms with E-state index >= 15 is 0 Å². The van der Waals surface area contributed by atoms with Gasteiger partial charge in [-0.2, -0.15) is 0 Å². The van der Waals surface area contributed by atoms with Crippen LogP contribution in [-0.2, 0) is 9.53 Å². The summed E-state index contributed by atoms with van der Waals surface area (Å²) in [5.41, 5.74) is 0.588. The molecule has 5 heteroatoms. The van der Waals surface area contributed by atoms with Crippen molar-refractivity contribution in [2.24, 2.45) is 0 Å². The molecule has 1 aliphatic carbocycles. The van der Waals surface area contributed by atoms with Gasteiger partial charge in [-0.15, -0.1) is 0 Å². The van der Waals surface area contributed by atoms with Gasteiger partial charge in [0.1, 0.15) is 5.60 Å². The molecule has 0 atom stereocenters. The fraction of sp³-hybridized carbons (Fsp3) is 0.625. The minimum absolute atomic E-state index is 0.0186. The molecular formula is C16H26N2O3. The lowest BCUT2D eigenvalue weighted by Crippen LogP contribution is -2.34. The summed E-state index contributed by atoms with van der Waals surface area (Å²) in [6.45, 7) is 6.49. The van der Waals surface area contributed by atoms with E-state index in [1.54, 1.807) is 0 Å². The average molecular weight is 294 g/mol. The average Bonchev–Trinajstić information content (AvgIpc) is 2.37. The lowest BCUT2D eigenvalue weighted by atomic mass is 10.0. The van der Waals surface area contributed by atoms with E-state index in [1.165, 1.54) is 0 Å². The number of carbonyl (C=O) groups excluding carboxylic acids is 2. The summed E-state index contributed by atoms with van der Waals surface area (Å²) in [7, 11) is 0. The minimum Gasteiger partial charge on any atom is -0.444 e. The van der Waals surface area contributed by atoms with Gasteiger partial charge in [-0.05, 0) is 45.6 Å². The number of carbonyl (C=O) groups is 2.